The highest BCUT2D eigenvalue weighted by molar-refractivity contribution is 6.34. The van der Waals surface area contributed by atoms with E-state index in [4.69, 9.17) is 16.0 Å². The molecule has 174 valence electrons. The lowest BCUT2D eigenvalue weighted by Gasteiger charge is -2.05. The monoisotopic (exact) mass is 489 g/mol. The molecule has 8 nitrogen and oxygen atoms in total. The summed E-state index contributed by atoms with van der Waals surface area (Å²) in [6, 6.07) is 8.36. The van der Waals surface area contributed by atoms with E-state index in [1.165, 1.54) is 24.3 Å². The lowest BCUT2D eigenvalue weighted by Crippen LogP contribution is -2.23. The first-order chi connectivity index (χ1) is 16.2. The lowest BCUT2D eigenvalue weighted by atomic mass is 10.1. The number of oxazole rings is 1. The summed E-state index contributed by atoms with van der Waals surface area (Å²) in [7, 11) is 0. The number of benzene rings is 2. The summed E-state index contributed by atoms with van der Waals surface area (Å²) in [6.07, 6.45) is 0. The summed E-state index contributed by atoms with van der Waals surface area (Å²) in [4.78, 5) is 29.0. The predicted octanol–water partition coefficient (Wildman–Crippen LogP) is 4.63. The molecule has 0 unspecified atom stereocenters. The summed E-state index contributed by atoms with van der Waals surface area (Å²) in [5, 5.41) is 10.9. The van der Waals surface area contributed by atoms with Crippen LogP contribution in [-0.2, 0) is 6.54 Å². The molecule has 3 N–H and O–H groups in total. The third kappa shape index (κ3) is 4.94. The molecule has 0 aliphatic heterocycles. The molecule has 4 rings (SSSR count). The van der Waals surface area contributed by atoms with Crippen molar-refractivity contribution in [1.82, 2.24) is 20.5 Å². The van der Waals surface area contributed by atoms with E-state index < -0.39 is 29.3 Å². The Morgan fingerprint density at radius 2 is 1.85 bits per heavy atom. The number of aromatic nitrogens is 3. The van der Waals surface area contributed by atoms with E-state index in [-0.39, 0.29) is 28.6 Å². The SMILES string of the molecule is Cc1nc(-c2cccc(F)c2)c(CNC(=O)c2cc(NC(=O)c3cc(F)c(F)cc3Cl)[nH]n2)o1. The van der Waals surface area contributed by atoms with Crippen LogP contribution in [0.1, 0.15) is 32.5 Å². The Hall–Kier alpha value is -4.12. The highest BCUT2D eigenvalue weighted by Gasteiger charge is 2.19. The third-order valence-electron chi connectivity index (χ3n) is 4.63. The molecular formula is C22H15ClF3N5O3. The number of carbonyl (C=O) groups is 2. The number of nitrogens with one attached hydrogen (secondary N) is 3. The van der Waals surface area contributed by atoms with Crippen molar-refractivity contribution in [2.75, 3.05) is 5.32 Å². The number of amides is 2. The van der Waals surface area contributed by atoms with Gasteiger partial charge in [0.15, 0.2) is 29.0 Å². The summed E-state index contributed by atoms with van der Waals surface area (Å²) >= 11 is 5.79. The lowest BCUT2D eigenvalue weighted by molar-refractivity contribution is 0.0942. The first-order valence-electron chi connectivity index (χ1n) is 9.73. The standard InChI is InChI=1S/C22H15ClF3N5O3/c1-10-28-20(11-3-2-4-12(24)5-11)18(34-10)9-27-22(33)17-8-19(31-30-17)29-21(32)13-6-15(25)16(26)7-14(13)23/h2-8H,9H2,1H3,(H,27,33)(H2,29,30,31,32). The molecule has 0 atom stereocenters. The Labute approximate surface area is 195 Å². The van der Waals surface area contributed by atoms with Gasteiger partial charge in [0.05, 0.1) is 17.1 Å². The van der Waals surface area contributed by atoms with E-state index >= 15 is 0 Å². The number of anilines is 1. The van der Waals surface area contributed by atoms with Crippen LogP contribution in [0.2, 0.25) is 5.02 Å². The molecule has 0 saturated carbocycles. The van der Waals surface area contributed by atoms with E-state index in [1.807, 2.05) is 0 Å². The van der Waals surface area contributed by atoms with E-state index in [1.54, 1.807) is 13.0 Å². The van der Waals surface area contributed by atoms with Crippen molar-refractivity contribution in [3.63, 3.8) is 0 Å². The molecule has 0 aliphatic rings. The second-order valence-corrected chi connectivity index (χ2v) is 7.47. The largest absolute Gasteiger partial charge is 0.443 e. The van der Waals surface area contributed by atoms with Crippen molar-refractivity contribution in [3.05, 3.63) is 87.8 Å². The van der Waals surface area contributed by atoms with Gasteiger partial charge in [0.1, 0.15) is 17.3 Å². The van der Waals surface area contributed by atoms with Crippen LogP contribution in [0.25, 0.3) is 11.3 Å². The molecule has 4 aromatic rings. The van der Waals surface area contributed by atoms with Gasteiger partial charge in [0.25, 0.3) is 11.8 Å². The van der Waals surface area contributed by atoms with Crippen molar-refractivity contribution in [2.24, 2.45) is 0 Å². The van der Waals surface area contributed by atoms with E-state index in [9.17, 15) is 22.8 Å². The molecule has 2 amide bonds. The van der Waals surface area contributed by atoms with Gasteiger partial charge in [-0.3, -0.25) is 14.7 Å². The number of aromatic amines is 1. The first kappa shape index (κ1) is 23.1. The fraction of sp³-hybridized carbons (Fsp3) is 0.0909. The highest BCUT2D eigenvalue weighted by Crippen LogP contribution is 2.25. The van der Waals surface area contributed by atoms with Crippen molar-refractivity contribution >= 4 is 29.2 Å². The Kier molecular flexibility index (Phi) is 6.37. The number of rotatable bonds is 6. The van der Waals surface area contributed by atoms with Gasteiger partial charge in [-0.25, -0.2) is 18.2 Å². The van der Waals surface area contributed by atoms with Crippen molar-refractivity contribution in [1.29, 1.82) is 0 Å². The molecule has 0 radical (unpaired) electrons. The van der Waals surface area contributed by atoms with Crippen molar-refractivity contribution in [3.8, 4) is 11.3 Å². The zero-order valence-electron chi connectivity index (χ0n) is 17.4. The van der Waals surface area contributed by atoms with Crippen LogP contribution in [0.4, 0.5) is 19.0 Å². The molecule has 2 heterocycles. The second-order valence-electron chi connectivity index (χ2n) is 7.06. The fourth-order valence-corrected chi connectivity index (χ4v) is 3.33. The van der Waals surface area contributed by atoms with Gasteiger partial charge in [0, 0.05) is 18.6 Å². The molecule has 34 heavy (non-hydrogen) atoms. The van der Waals surface area contributed by atoms with Gasteiger partial charge < -0.3 is 15.1 Å². The molecule has 0 bridgehead atoms. The van der Waals surface area contributed by atoms with Crippen molar-refractivity contribution in [2.45, 2.75) is 13.5 Å². The Bertz CT molecular complexity index is 1400. The van der Waals surface area contributed by atoms with Crippen LogP contribution < -0.4 is 10.6 Å². The van der Waals surface area contributed by atoms with Crippen LogP contribution in [-0.4, -0.2) is 27.0 Å². The number of aryl methyl sites for hydroxylation is 1. The minimum absolute atomic E-state index is 0.0203. The third-order valence-corrected chi connectivity index (χ3v) is 4.94. The van der Waals surface area contributed by atoms with Gasteiger partial charge in [0.2, 0.25) is 0 Å². The summed E-state index contributed by atoms with van der Waals surface area (Å²) in [6.45, 7) is 1.56. The summed E-state index contributed by atoms with van der Waals surface area (Å²) in [5.41, 5.74) is 0.499. The minimum atomic E-state index is -1.24. The number of carbonyl (C=O) groups excluding carboxylic acids is 2. The molecular weight excluding hydrogens is 475 g/mol. The van der Waals surface area contributed by atoms with Gasteiger partial charge in [-0.1, -0.05) is 23.7 Å². The van der Waals surface area contributed by atoms with Gasteiger partial charge in [-0.15, -0.1) is 0 Å². The predicted molar refractivity (Wildman–Crippen MR) is 116 cm³/mol. The van der Waals surface area contributed by atoms with Crippen LogP contribution in [0, 0.1) is 24.4 Å². The Balaban J connectivity index is 1.43. The normalized spacial score (nSPS) is 10.9. The maximum atomic E-state index is 13.6. The molecule has 0 fully saturated rings. The smallest absolute Gasteiger partial charge is 0.272 e. The van der Waals surface area contributed by atoms with Crippen LogP contribution >= 0.6 is 11.6 Å². The number of nitrogens with zero attached hydrogens (tertiary/aromatic N) is 2. The summed E-state index contributed by atoms with van der Waals surface area (Å²) in [5.74, 6) is -3.64. The Morgan fingerprint density at radius 3 is 2.62 bits per heavy atom. The topological polar surface area (TPSA) is 113 Å². The zero-order valence-corrected chi connectivity index (χ0v) is 18.1. The van der Waals surface area contributed by atoms with Gasteiger partial charge in [-0.2, -0.15) is 5.10 Å². The van der Waals surface area contributed by atoms with Crippen molar-refractivity contribution < 1.29 is 27.2 Å². The average molecular weight is 490 g/mol. The van der Waals surface area contributed by atoms with E-state index in [2.05, 4.69) is 25.8 Å². The molecule has 0 aliphatic carbocycles. The zero-order chi connectivity index (χ0) is 24.4. The second kappa shape index (κ2) is 9.40. The molecule has 2 aromatic carbocycles. The number of halogens is 4. The number of hydrogen-bond acceptors (Lipinski definition) is 5. The molecule has 2 aromatic heterocycles. The highest BCUT2D eigenvalue weighted by atomic mass is 35.5. The number of H-pyrrole nitrogens is 1. The molecule has 12 heteroatoms. The molecule has 0 saturated heterocycles. The fourth-order valence-electron chi connectivity index (χ4n) is 3.09. The van der Waals surface area contributed by atoms with Crippen LogP contribution in [0.5, 0.6) is 0 Å². The summed E-state index contributed by atoms with van der Waals surface area (Å²) < 4.78 is 45.7. The minimum Gasteiger partial charge on any atom is -0.443 e. The quantitative estimate of drug-likeness (QED) is 0.342. The van der Waals surface area contributed by atoms with Crippen LogP contribution in [0.3, 0.4) is 0 Å². The number of hydrogen-bond donors (Lipinski definition) is 3. The van der Waals surface area contributed by atoms with Gasteiger partial charge in [-0.05, 0) is 24.3 Å². The van der Waals surface area contributed by atoms with E-state index in [0.29, 0.717) is 35.0 Å². The first-order valence-corrected chi connectivity index (χ1v) is 10.1. The average Bonchev–Trinajstić information content (AvgIpc) is 3.41. The van der Waals surface area contributed by atoms with Gasteiger partial charge >= 0.3 is 0 Å². The Morgan fingerprint density at radius 1 is 1.09 bits per heavy atom. The maximum Gasteiger partial charge on any atom is 0.272 e. The maximum absolute atomic E-state index is 13.6. The van der Waals surface area contributed by atoms with Crippen LogP contribution in [0.15, 0.2) is 46.9 Å². The van der Waals surface area contributed by atoms with E-state index in [0.717, 1.165) is 0 Å². The molecule has 0 spiro atoms.